The van der Waals surface area contributed by atoms with Gasteiger partial charge in [-0.2, -0.15) is 4.52 Å². The van der Waals surface area contributed by atoms with Gasteiger partial charge in [0.1, 0.15) is 5.82 Å². The summed E-state index contributed by atoms with van der Waals surface area (Å²) in [6.07, 6.45) is 4.41. The van der Waals surface area contributed by atoms with Crippen molar-refractivity contribution in [1.29, 1.82) is 0 Å². The molecule has 3 heterocycles. The molecule has 1 unspecified atom stereocenters. The topological polar surface area (TPSA) is 66.5 Å². The van der Waals surface area contributed by atoms with E-state index >= 15 is 0 Å². The van der Waals surface area contributed by atoms with E-state index in [9.17, 15) is 0 Å². The summed E-state index contributed by atoms with van der Waals surface area (Å²) in [6.45, 7) is 4.25. The Morgan fingerprint density at radius 2 is 2.15 bits per heavy atom. The lowest BCUT2D eigenvalue weighted by atomic mass is 9.98. The van der Waals surface area contributed by atoms with Crippen molar-refractivity contribution in [3.63, 3.8) is 0 Å². The lowest BCUT2D eigenvalue weighted by Crippen LogP contribution is -2.26. The van der Waals surface area contributed by atoms with E-state index in [1.165, 1.54) is 6.42 Å². The molecular formula is C14H21N5O. The Hall–Kier alpha value is -1.69. The highest BCUT2D eigenvalue weighted by atomic mass is 16.3. The van der Waals surface area contributed by atoms with Gasteiger partial charge >= 0.3 is 0 Å². The fraction of sp³-hybridized carbons (Fsp3) is 0.643. The van der Waals surface area contributed by atoms with Crippen molar-refractivity contribution in [2.75, 3.05) is 24.6 Å². The zero-order chi connectivity index (χ0) is 13.9. The minimum atomic E-state index is 0.300. The molecule has 20 heavy (non-hydrogen) atoms. The van der Waals surface area contributed by atoms with Crippen molar-refractivity contribution in [3.8, 4) is 0 Å². The van der Waals surface area contributed by atoms with Gasteiger partial charge in [-0.15, -0.1) is 15.3 Å². The van der Waals surface area contributed by atoms with Gasteiger partial charge in [0.05, 0.1) is 0 Å². The normalized spacial score (nSPS) is 20.3. The number of nitrogens with zero attached hydrogens (tertiary/aromatic N) is 5. The number of fused-ring (bicyclic) bond motifs is 1. The average Bonchev–Trinajstić information content (AvgIpc) is 2.69. The second-order valence-corrected chi connectivity index (χ2v) is 5.51. The lowest BCUT2D eigenvalue weighted by Gasteiger charge is -2.21. The number of hydrogen-bond donors (Lipinski definition) is 1. The van der Waals surface area contributed by atoms with Crippen LogP contribution < -0.4 is 4.90 Å². The van der Waals surface area contributed by atoms with Gasteiger partial charge in [0, 0.05) is 19.7 Å². The van der Waals surface area contributed by atoms with Crippen LogP contribution in [0.3, 0.4) is 0 Å². The van der Waals surface area contributed by atoms with E-state index in [-0.39, 0.29) is 0 Å². The van der Waals surface area contributed by atoms with E-state index in [4.69, 9.17) is 5.11 Å². The van der Waals surface area contributed by atoms with E-state index in [1.54, 1.807) is 4.52 Å². The molecule has 0 aliphatic carbocycles. The first-order valence-electron chi connectivity index (χ1n) is 7.33. The van der Waals surface area contributed by atoms with Crippen LogP contribution in [0.5, 0.6) is 0 Å². The summed E-state index contributed by atoms with van der Waals surface area (Å²) in [5.41, 5.74) is 0.791. The molecule has 1 fully saturated rings. The standard InChI is InChI=1S/C14H21N5O/c1-11-15-16-13-4-5-14(17-19(11)13)18-8-2-3-12(6-9-18)7-10-20/h4-5,12,20H,2-3,6-10H2,1H3. The quantitative estimate of drug-likeness (QED) is 0.917. The van der Waals surface area contributed by atoms with Gasteiger partial charge in [-0.1, -0.05) is 0 Å². The fourth-order valence-corrected chi connectivity index (χ4v) is 2.92. The molecule has 1 aliphatic rings. The van der Waals surface area contributed by atoms with Crippen LogP contribution in [0.1, 0.15) is 31.5 Å². The molecule has 0 aromatic carbocycles. The molecule has 1 atom stereocenters. The predicted octanol–water partition coefficient (Wildman–Crippen LogP) is 1.42. The van der Waals surface area contributed by atoms with E-state index in [2.05, 4.69) is 20.2 Å². The molecular weight excluding hydrogens is 254 g/mol. The SMILES string of the molecule is Cc1nnc2ccc(N3CCCC(CCO)CC3)nn12. The molecule has 1 aliphatic heterocycles. The minimum absolute atomic E-state index is 0.300. The zero-order valence-corrected chi connectivity index (χ0v) is 11.9. The van der Waals surface area contributed by atoms with Crippen molar-refractivity contribution in [3.05, 3.63) is 18.0 Å². The van der Waals surface area contributed by atoms with Gasteiger partial charge in [-0.05, 0) is 50.7 Å². The molecule has 1 saturated heterocycles. The monoisotopic (exact) mass is 275 g/mol. The smallest absolute Gasteiger partial charge is 0.178 e. The summed E-state index contributed by atoms with van der Waals surface area (Å²) >= 11 is 0. The van der Waals surface area contributed by atoms with Crippen LogP contribution >= 0.6 is 0 Å². The Labute approximate surface area is 118 Å². The van der Waals surface area contributed by atoms with Gasteiger partial charge in [-0.25, -0.2) is 0 Å². The van der Waals surface area contributed by atoms with Crippen molar-refractivity contribution in [2.45, 2.75) is 32.6 Å². The highest BCUT2D eigenvalue weighted by Crippen LogP contribution is 2.23. The minimum Gasteiger partial charge on any atom is -0.396 e. The second-order valence-electron chi connectivity index (χ2n) is 5.51. The third-order valence-electron chi connectivity index (χ3n) is 4.11. The average molecular weight is 275 g/mol. The van der Waals surface area contributed by atoms with Crippen molar-refractivity contribution >= 4 is 11.5 Å². The molecule has 1 N–H and O–H groups in total. The third kappa shape index (κ3) is 2.60. The van der Waals surface area contributed by atoms with Crippen LogP contribution in [0.25, 0.3) is 5.65 Å². The first kappa shape index (κ1) is 13.3. The van der Waals surface area contributed by atoms with Crippen LogP contribution in [0.2, 0.25) is 0 Å². The number of anilines is 1. The molecule has 2 aromatic heterocycles. The third-order valence-corrected chi connectivity index (χ3v) is 4.11. The largest absolute Gasteiger partial charge is 0.396 e. The molecule has 0 saturated carbocycles. The first-order valence-corrected chi connectivity index (χ1v) is 7.33. The molecule has 3 rings (SSSR count). The lowest BCUT2D eigenvalue weighted by molar-refractivity contribution is 0.249. The number of rotatable bonds is 3. The summed E-state index contributed by atoms with van der Waals surface area (Å²) in [5, 5.41) is 21.8. The van der Waals surface area contributed by atoms with Gasteiger partial charge in [0.25, 0.3) is 0 Å². The summed E-state index contributed by atoms with van der Waals surface area (Å²) in [4.78, 5) is 2.33. The molecule has 6 heteroatoms. The van der Waals surface area contributed by atoms with Crippen molar-refractivity contribution in [1.82, 2.24) is 19.8 Å². The number of aliphatic hydroxyl groups excluding tert-OH is 1. The van der Waals surface area contributed by atoms with E-state index < -0.39 is 0 Å². The van der Waals surface area contributed by atoms with Crippen LogP contribution in [0, 0.1) is 12.8 Å². The molecule has 0 spiro atoms. The van der Waals surface area contributed by atoms with Crippen LogP contribution in [0.15, 0.2) is 12.1 Å². The van der Waals surface area contributed by atoms with Gasteiger partial charge < -0.3 is 10.0 Å². The summed E-state index contributed by atoms with van der Waals surface area (Å²) in [7, 11) is 0. The summed E-state index contributed by atoms with van der Waals surface area (Å²) < 4.78 is 1.80. The Kier molecular flexibility index (Phi) is 3.82. The maximum atomic E-state index is 9.08. The molecule has 0 amide bonds. The predicted molar refractivity (Wildman–Crippen MR) is 76.8 cm³/mol. The number of aryl methyl sites for hydroxylation is 1. The number of aliphatic hydroxyl groups is 1. The first-order chi connectivity index (χ1) is 9.78. The molecule has 2 aromatic rings. The van der Waals surface area contributed by atoms with Crippen LogP contribution in [-0.2, 0) is 0 Å². The Balaban J connectivity index is 1.78. The van der Waals surface area contributed by atoms with Crippen molar-refractivity contribution in [2.24, 2.45) is 5.92 Å². The van der Waals surface area contributed by atoms with Crippen molar-refractivity contribution < 1.29 is 5.11 Å². The van der Waals surface area contributed by atoms with E-state index in [1.807, 2.05) is 19.1 Å². The summed E-state index contributed by atoms with van der Waals surface area (Å²) in [6, 6.07) is 3.99. The second kappa shape index (κ2) is 5.75. The van der Waals surface area contributed by atoms with Gasteiger partial charge in [-0.3, -0.25) is 0 Å². The maximum Gasteiger partial charge on any atom is 0.178 e. The van der Waals surface area contributed by atoms with Crippen LogP contribution in [-0.4, -0.2) is 44.6 Å². The highest BCUT2D eigenvalue weighted by molar-refractivity contribution is 5.45. The highest BCUT2D eigenvalue weighted by Gasteiger charge is 2.18. The number of hydrogen-bond acceptors (Lipinski definition) is 5. The molecule has 0 bridgehead atoms. The van der Waals surface area contributed by atoms with Crippen LogP contribution in [0.4, 0.5) is 5.82 Å². The van der Waals surface area contributed by atoms with Gasteiger partial charge in [0.2, 0.25) is 0 Å². The zero-order valence-electron chi connectivity index (χ0n) is 11.9. The Morgan fingerprint density at radius 1 is 1.25 bits per heavy atom. The molecule has 0 radical (unpaired) electrons. The maximum absolute atomic E-state index is 9.08. The Bertz CT molecular complexity index is 582. The van der Waals surface area contributed by atoms with E-state index in [0.717, 1.165) is 49.6 Å². The molecule has 108 valence electrons. The molecule has 6 nitrogen and oxygen atoms in total. The summed E-state index contributed by atoms with van der Waals surface area (Å²) in [5.74, 6) is 2.45. The van der Waals surface area contributed by atoms with E-state index in [0.29, 0.717) is 12.5 Å². The van der Waals surface area contributed by atoms with Gasteiger partial charge in [0.15, 0.2) is 11.5 Å². The fourth-order valence-electron chi connectivity index (χ4n) is 2.92. The number of aromatic nitrogens is 4. The Morgan fingerprint density at radius 3 is 3.00 bits per heavy atom.